The highest BCUT2D eigenvalue weighted by Crippen LogP contribution is 2.37. The normalized spacial score (nSPS) is 22.7. The molecule has 1 fully saturated rings. The summed E-state index contributed by atoms with van der Waals surface area (Å²) in [5, 5.41) is 0. The molecule has 1 aliphatic heterocycles. The van der Waals surface area contributed by atoms with Gasteiger partial charge in [0.15, 0.2) is 5.79 Å². The smallest absolute Gasteiger partial charge is 0.172 e. The van der Waals surface area contributed by atoms with Gasteiger partial charge in [0.25, 0.3) is 0 Å². The standard InChI is InChI=1S/C12H15N3O2/c13-11-8-14-10(7-15-11)9-1-3-12(4-2-9)16-5-6-17-12/h1,7-8H,2-6H2,(H2,13,15). The Balaban J connectivity index is 1.78. The van der Waals surface area contributed by atoms with Crippen molar-refractivity contribution >= 4 is 11.4 Å². The molecule has 17 heavy (non-hydrogen) atoms. The third-order valence-corrected chi connectivity index (χ3v) is 3.25. The average molecular weight is 233 g/mol. The second-order valence-corrected chi connectivity index (χ2v) is 4.37. The van der Waals surface area contributed by atoms with Gasteiger partial charge in [0.2, 0.25) is 0 Å². The number of hydrogen-bond donors (Lipinski definition) is 1. The first kappa shape index (κ1) is 10.7. The van der Waals surface area contributed by atoms with Crippen molar-refractivity contribution in [1.82, 2.24) is 9.97 Å². The van der Waals surface area contributed by atoms with Crippen LogP contribution in [0.5, 0.6) is 0 Å². The van der Waals surface area contributed by atoms with Gasteiger partial charge < -0.3 is 15.2 Å². The summed E-state index contributed by atoms with van der Waals surface area (Å²) < 4.78 is 11.3. The second kappa shape index (κ2) is 4.09. The highest BCUT2D eigenvalue weighted by Gasteiger charge is 2.37. The molecule has 2 aliphatic rings. The van der Waals surface area contributed by atoms with E-state index in [0.29, 0.717) is 19.0 Å². The predicted molar refractivity (Wildman–Crippen MR) is 62.9 cm³/mol. The Bertz CT molecular complexity index is 436. The number of nitrogen functional groups attached to an aromatic ring is 1. The minimum absolute atomic E-state index is 0.370. The van der Waals surface area contributed by atoms with Crippen LogP contribution in [0.15, 0.2) is 18.5 Å². The Labute approximate surface area is 99.7 Å². The van der Waals surface area contributed by atoms with Crippen LogP contribution in [-0.4, -0.2) is 29.0 Å². The van der Waals surface area contributed by atoms with Crippen molar-refractivity contribution in [2.24, 2.45) is 0 Å². The number of hydrogen-bond acceptors (Lipinski definition) is 5. The Morgan fingerprint density at radius 1 is 1.18 bits per heavy atom. The third kappa shape index (κ3) is 2.03. The average Bonchev–Trinajstić information content (AvgIpc) is 2.80. The van der Waals surface area contributed by atoms with Crippen LogP contribution in [0.4, 0.5) is 5.82 Å². The summed E-state index contributed by atoms with van der Waals surface area (Å²) in [6.45, 7) is 1.40. The van der Waals surface area contributed by atoms with E-state index in [4.69, 9.17) is 15.2 Å². The topological polar surface area (TPSA) is 70.3 Å². The van der Waals surface area contributed by atoms with Crippen LogP contribution in [0.3, 0.4) is 0 Å². The van der Waals surface area contributed by atoms with Crippen molar-refractivity contribution in [2.45, 2.75) is 25.0 Å². The molecule has 2 N–H and O–H groups in total. The lowest BCUT2D eigenvalue weighted by Crippen LogP contribution is -2.31. The molecule has 0 atom stereocenters. The zero-order valence-corrected chi connectivity index (χ0v) is 9.56. The largest absolute Gasteiger partial charge is 0.382 e. The fourth-order valence-corrected chi connectivity index (χ4v) is 2.30. The molecule has 90 valence electrons. The minimum Gasteiger partial charge on any atom is -0.382 e. The van der Waals surface area contributed by atoms with Crippen LogP contribution < -0.4 is 5.73 Å². The molecule has 2 heterocycles. The predicted octanol–water partition coefficient (Wildman–Crippen LogP) is 1.37. The summed E-state index contributed by atoms with van der Waals surface area (Å²) >= 11 is 0. The van der Waals surface area contributed by atoms with Crippen molar-refractivity contribution in [1.29, 1.82) is 0 Å². The summed E-state index contributed by atoms with van der Waals surface area (Å²) in [6, 6.07) is 0. The molecule has 0 amide bonds. The number of nitrogens with two attached hydrogens (primary N) is 1. The maximum absolute atomic E-state index is 5.66. The van der Waals surface area contributed by atoms with Gasteiger partial charge in [-0.05, 0) is 12.0 Å². The molecule has 1 aromatic rings. The molecular weight excluding hydrogens is 218 g/mol. The van der Waals surface area contributed by atoms with E-state index in [0.717, 1.165) is 25.0 Å². The molecule has 0 aromatic carbocycles. The maximum Gasteiger partial charge on any atom is 0.172 e. The molecule has 5 heteroatoms. The Kier molecular flexibility index (Phi) is 2.57. The molecule has 0 radical (unpaired) electrons. The van der Waals surface area contributed by atoms with Gasteiger partial charge in [0.05, 0.1) is 31.3 Å². The van der Waals surface area contributed by atoms with Gasteiger partial charge in [0.1, 0.15) is 5.82 Å². The molecular formula is C12H15N3O2. The summed E-state index contributed by atoms with van der Waals surface area (Å²) in [5.41, 5.74) is 7.61. The molecule has 1 aliphatic carbocycles. The van der Waals surface area contributed by atoms with Gasteiger partial charge in [-0.3, -0.25) is 4.98 Å². The number of rotatable bonds is 1. The SMILES string of the molecule is Nc1cnc(C2=CCC3(CC2)OCCO3)cn1. The van der Waals surface area contributed by atoms with Crippen molar-refractivity contribution in [3.63, 3.8) is 0 Å². The summed E-state index contributed by atoms with van der Waals surface area (Å²) in [4.78, 5) is 8.33. The summed E-state index contributed by atoms with van der Waals surface area (Å²) in [6.07, 6.45) is 8.01. The summed E-state index contributed by atoms with van der Waals surface area (Å²) in [5.74, 6) is 0.0779. The zero-order chi connectivity index (χ0) is 11.7. The van der Waals surface area contributed by atoms with Crippen LogP contribution in [0.1, 0.15) is 25.0 Å². The van der Waals surface area contributed by atoms with E-state index in [-0.39, 0.29) is 5.79 Å². The van der Waals surface area contributed by atoms with Crippen LogP contribution in [-0.2, 0) is 9.47 Å². The molecule has 3 rings (SSSR count). The fraction of sp³-hybridized carbons (Fsp3) is 0.500. The van der Waals surface area contributed by atoms with E-state index in [1.165, 1.54) is 5.57 Å². The van der Waals surface area contributed by atoms with Crippen LogP contribution >= 0.6 is 0 Å². The lowest BCUT2D eigenvalue weighted by Gasteiger charge is -2.30. The number of ether oxygens (including phenoxy) is 2. The number of aromatic nitrogens is 2. The van der Waals surface area contributed by atoms with Crippen LogP contribution in [0, 0.1) is 0 Å². The van der Waals surface area contributed by atoms with Gasteiger partial charge >= 0.3 is 0 Å². The molecule has 0 unspecified atom stereocenters. The van der Waals surface area contributed by atoms with Crippen molar-refractivity contribution < 1.29 is 9.47 Å². The lowest BCUT2D eigenvalue weighted by molar-refractivity contribution is -0.159. The molecule has 1 aromatic heterocycles. The summed E-state index contributed by atoms with van der Waals surface area (Å²) in [7, 11) is 0. The quantitative estimate of drug-likeness (QED) is 0.793. The molecule has 0 saturated carbocycles. The van der Waals surface area contributed by atoms with E-state index in [1.54, 1.807) is 12.4 Å². The van der Waals surface area contributed by atoms with E-state index < -0.39 is 0 Å². The molecule has 1 spiro atoms. The molecule has 1 saturated heterocycles. The monoisotopic (exact) mass is 233 g/mol. The van der Waals surface area contributed by atoms with Gasteiger partial charge in [-0.2, -0.15) is 0 Å². The first-order valence-electron chi connectivity index (χ1n) is 5.82. The Morgan fingerprint density at radius 2 is 2.00 bits per heavy atom. The first-order chi connectivity index (χ1) is 8.27. The minimum atomic E-state index is -0.370. The number of allylic oxidation sites excluding steroid dienone is 1. The van der Waals surface area contributed by atoms with Crippen molar-refractivity contribution in [3.05, 3.63) is 24.2 Å². The zero-order valence-electron chi connectivity index (χ0n) is 9.56. The molecule has 0 bridgehead atoms. The van der Waals surface area contributed by atoms with Gasteiger partial charge in [0, 0.05) is 12.8 Å². The maximum atomic E-state index is 5.66. The van der Waals surface area contributed by atoms with E-state index in [1.807, 2.05) is 0 Å². The van der Waals surface area contributed by atoms with Crippen molar-refractivity contribution in [2.75, 3.05) is 18.9 Å². The van der Waals surface area contributed by atoms with Crippen molar-refractivity contribution in [3.8, 4) is 0 Å². The third-order valence-electron chi connectivity index (χ3n) is 3.25. The molecule has 5 nitrogen and oxygen atoms in total. The van der Waals surface area contributed by atoms with E-state index >= 15 is 0 Å². The first-order valence-corrected chi connectivity index (χ1v) is 5.82. The number of nitrogens with zero attached hydrogens (tertiary/aromatic N) is 2. The second-order valence-electron chi connectivity index (χ2n) is 4.37. The van der Waals surface area contributed by atoms with E-state index in [9.17, 15) is 0 Å². The van der Waals surface area contributed by atoms with Gasteiger partial charge in [-0.1, -0.05) is 6.08 Å². The Morgan fingerprint density at radius 3 is 2.59 bits per heavy atom. The van der Waals surface area contributed by atoms with E-state index in [2.05, 4.69) is 16.0 Å². The highest BCUT2D eigenvalue weighted by atomic mass is 16.7. The highest BCUT2D eigenvalue weighted by molar-refractivity contribution is 5.63. The number of anilines is 1. The van der Waals surface area contributed by atoms with Gasteiger partial charge in [-0.15, -0.1) is 0 Å². The van der Waals surface area contributed by atoms with Gasteiger partial charge in [-0.25, -0.2) is 4.98 Å². The Hall–Kier alpha value is -1.46. The lowest BCUT2D eigenvalue weighted by atomic mass is 9.92. The van der Waals surface area contributed by atoms with Crippen LogP contribution in [0.2, 0.25) is 0 Å². The fourth-order valence-electron chi connectivity index (χ4n) is 2.30. The van der Waals surface area contributed by atoms with Crippen LogP contribution in [0.25, 0.3) is 5.57 Å².